The molecule has 0 aliphatic heterocycles. The quantitative estimate of drug-likeness (QED) is 0.126. The van der Waals surface area contributed by atoms with Gasteiger partial charge < -0.3 is 30.1 Å². The van der Waals surface area contributed by atoms with Gasteiger partial charge in [-0.05, 0) is 10.4 Å². The molecule has 0 spiro atoms. The summed E-state index contributed by atoms with van der Waals surface area (Å²) in [5.41, 5.74) is 1.82. The van der Waals surface area contributed by atoms with Crippen molar-refractivity contribution in [2.45, 2.75) is 66.7 Å². The summed E-state index contributed by atoms with van der Waals surface area (Å²) in [6.07, 6.45) is 0. The van der Waals surface area contributed by atoms with Crippen molar-refractivity contribution in [1.29, 1.82) is 11.0 Å². The number of hydrogen-bond donors (Lipinski definition) is 4. The first kappa shape index (κ1) is 47.7. The zero-order valence-electron chi connectivity index (χ0n) is 35.2. The first-order chi connectivity index (χ1) is 29.0. The highest BCUT2D eigenvalue weighted by molar-refractivity contribution is 15.0. The molecule has 0 amide bonds. The molecular formula is C40H40I2N6O8. The van der Waals surface area contributed by atoms with E-state index in [-0.39, 0.29) is 27.1 Å². The van der Waals surface area contributed by atoms with Crippen LogP contribution in [0.4, 0.5) is 0 Å². The first-order valence-corrected chi connectivity index (χ1v) is 22.4. The summed E-state index contributed by atoms with van der Waals surface area (Å²) in [6, 6.07) is 17.4. The molecule has 2 unspecified atom stereocenters. The molecule has 0 saturated carbocycles. The van der Waals surface area contributed by atoms with E-state index in [1.165, 1.54) is 48.5 Å². The number of carbonyl (C=O) groups is 4. The van der Waals surface area contributed by atoms with E-state index in [0.717, 1.165) is 11.1 Å². The number of aliphatic carboxylic acids is 4. The third kappa shape index (κ3) is 21.4. The van der Waals surface area contributed by atoms with Crippen molar-refractivity contribution in [2.24, 2.45) is 0 Å². The Balaban J connectivity index is -0.000000369. The minimum absolute atomic E-state index is 0.178. The molecule has 3 aromatic rings. The highest BCUT2D eigenvalue weighted by atomic mass is 128. The van der Waals surface area contributed by atoms with E-state index < -0.39 is 41.7 Å². The van der Waals surface area contributed by atoms with E-state index in [1.54, 1.807) is 6.07 Å². The predicted molar refractivity (Wildman–Crippen MR) is 230 cm³/mol. The Bertz CT molecular complexity index is 2000. The Morgan fingerprint density at radius 2 is 0.982 bits per heavy atom. The molecule has 4 N–H and O–H groups in total. The maximum Gasteiger partial charge on any atom is 0.392 e. The number of carboxylic acid groups (broad SMARTS) is 4. The molecular weight excluding hydrogens is 946 g/mol. The fourth-order valence-electron chi connectivity index (χ4n) is 3.57. The van der Waals surface area contributed by atoms with Crippen molar-refractivity contribution in [1.82, 2.24) is 0 Å². The van der Waals surface area contributed by atoms with Crippen molar-refractivity contribution in [2.75, 3.05) is 0 Å². The molecule has 0 heterocycles. The van der Waals surface area contributed by atoms with Gasteiger partial charge in [-0.25, -0.2) is 45.5 Å². The molecule has 56 heavy (non-hydrogen) atoms. The lowest BCUT2D eigenvalue weighted by Crippen LogP contribution is -2.17. The maximum absolute atomic E-state index is 11.2. The minimum atomic E-state index is -1.27. The number of halogens is 2. The van der Waals surface area contributed by atoms with Crippen molar-refractivity contribution in [3.05, 3.63) is 163 Å². The topological polar surface area (TPSA) is 195 Å². The zero-order chi connectivity index (χ0) is 47.1. The lowest BCUT2D eigenvalue weighted by atomic mass is 10.0. The Kier molecular flexibility index (Phi) is 30.4. The summed E-state index contributed by atoms with van der Waals surface area (Å²) in [4.78, 5) is 60.3. The van der Waals surface area contributed by atoms with E-state index in [0.29, 0.717) is 13.1 Å². The van der Waals surface area contributed by atoms with E-state index in [9.17, 15) is 19.2 Å². The molecule has 16 heteroatoms. The monoisotopic (exact) mass is 990 g/mol. The number of nitrogens with zero attached hydrogens (tertiary/aromatic N) is 6. The van der Waals surface area contributed by atoms with Crippen LogP contribution in [-0.2, 0) is 32.3 Å². The molecule has 0 bridgehead atoms. The third-order valence-electron chi connectivity index (χ3n) is 5.89. The average molecular weight is 991 g/mol. The van der Waals surface area contributed by atoms with Gasteiger partial charge in [0.2, 0.25) is 13.1 Å². The summed E-state index contributed by atoms with van der Waals surface area (Å²) < 4.78 is 25.9. The van der Waals surface area contributed by atoms with Gasteiger partial charge in [0, 0.05) is 59.5 Å². The second kappa shape index (κ2) is 35.7. The van der Waals surface area contributed by atoms with Crippen LogP contribution in [0.5, 0.6) is 0 Å². The van der Waals surface area contributed by atoms with Crippen LogP contribution in [0.3, 0.4) is 0 Å². The first-order valence-electron chi connectivity index (χ1n) is 17.7. The molecule has 0 fully saturated rings. The fourth-order valence-corrected chi connectivity index (χ4v) is 3.57. The maximum atomic E-state index is 11.2. The van der Waals surface area contributed by atoms with Crippen LogP contribution >= 0.6 is 37.2 Å². The number of hydrogen-bond acceptors (Lipinski definition) is 9. The smallest absolute Gasteiger partial charge is 0.392 e. The number of benzene rings is 3. The number of carboxylic acids is 4. The van der Waals surface area contributed by atoms with Gasteiger partial charge in [-0.15, -0.1) is 0 Å². The molecule has 3 aromatic carbocycles. The number of rotatable bonds is 8. The third-order valence-corrected chi connectivity index (χ3v) is 5.89. The highest BCUT2D eigenvalue weighted by Gasteiger charge is 2.28. The van der Waals surface area contributed by atoms with Crippen LogP contribution in [0.1, 0.15) is 75.9 Å². The fraction of sp³-hybridized carbons (Fsp3) is 0.250. The summed E-state index contributed by atoms with van der Waals surface area (Å²) in [6.45, 7) is 46.8. The van der Waals surface area contributed by atoms with Crippen LogP contribution in [0, 0.1) is 44.2 Å². The Hall–Kier alpha value is -6.32. The largest absolute Gasteiger partial charge is 0.486 e. The molecule has 3 rings (SSSR count). The Labute approximate surface area is 356 Å². The summed E-state index contributed by atoms with van der Waals surface area (Å²) in [7, 11) is 0. The lowest BCUT2D eigenvalue weighted by molar-refractivity contribution is -0.138. The molecule has 292 valence electrons. The van der Waals surface area contributed by atoms with Gasteiger partial charge in [-0.2, -0.15) is 5.26 Å². The van der Waals surface area contributed by atoms with Gasteiger partial charge in [0.1, 0.15) is 11.6 Å². The van der Waals surface area contributed by atoms with Crippen molar-refractivity contribution in [3.8, 4) is 6.07 Å². The van der Waals surface area contributed by atoms with Crippen LogP contribution < -0.4 is 10.4 Å². The van der Waals surface area contributed by atoms with Crippen LogP contribution in [0.15, 0.2) is 72.8 Å². The number of nitriles is 1. The van der Waals surface area contributed by atoms with Crippen molar-refractivity contribution >= 4 is 72.4 Å². The molecule has 0 radical (unpaired) electrons. The molecule has 14 nitrogen and oxygen atoms in total. The molecule has 2 atom stereocenters. The lowest BCUT2D eigenvalue weighted by Gasteiger charge is -2.03. The highest BCUT2D eigenvalue weighted by Crippen LogP contribution is 2.23. The van der Waals surface area contributed by atoms with Crippen LogP contribution in [-0.4, -0.2) is 44.3 Å². The SMILES string of the molecule is CC.CC.CC.II.[2H]OC(=O)C(C#N)=c1ccc(=C([N+]#[C-])C(=O)O[2H])cc1.[2H]OC(=O)C([N+]#[C-])c1ccc(C([N+]#[C-])C(=O)O[2H])cc1.[C-]#[N+]Cc1ccc(C[N+]#[C-])cc1. The summed E-state index contributed by atoms with van der Waals surface area (Å²) in [5, 5.41) is 24.1. The second-order valence-electron chi connectivity index (χ2n) is 8.92. The van der Waals surface area contributed by atoms with E-state index in [2.05, 4.69) is 81.9 Å². The summed E-state index contributed by atoms with van der Waals surface area (Å²) in [5.74, 6) is -4.25. The molecule has 0 aromatic heterocycles. The zero-order valence-corrected chi connectivity index (χ0v) is 35.5. The minimum Gasteiger partial charge on any atom is -0.486 e. The Morgan fingerprint density at radius 1 is 0.625 bits per heavy atom. The van der Waals surface area contributed by atoms with E-state index >= 15 is 0 Å². The normalized spacial score (nSPS) is 9.89. The van der Waals surface area contributed by atoms with Crippen LogP contribution in [0.25, 0.3) is 41.2 Å². The average Bonchev–Trinajstić information content (AvgIpc) is 3.31. The molecule has 0 aliphatic rings. The van der Waals surface area contributed by atoms with Gasteiger partial charge in [-0.3, -0.25) is 14.5 Å². The van der Waals surface area contributed by atoms with E-state index in [1.807, 2.05) is 65.8 Å². The van der Waals surface area contributed by atoms with Gasteiger partial charge >= 0.3 is 36.0 Å². The van der Waals surface area contributed by atoms with Crippen LogP contribution in [0.2, 0.25) is 0 Å². The molecule has 0 aliphatic carbocycles. The van der Waals surface area contributed by atoms with E-state index in [4.69, 9.17) is 43.8 Å². The van der Waals surface area contributed by atoms with Gasteiger partial charge in [-0.1, -0.05) is 114 Å². The second-order valence-corrected chi connectivity index (χ2v) is 8.92. The molecule has 0 saturated heterocycles. The predicted octanol–water partition coefficient (Wildman–Crippen LogP) is 8.71. The van der Waals surface area contributed by atoms with Crippen molar-refractivity contribution < 1.29 is 39.6 Å². The standard InChI is InChI=1S/C12H8N2O4.C12H6N2O4.C10H8N2.3C2H6.I2/c1-13-9(11(15)16)7-3-5-8(6-4-7)10(14-2)12(17)18;1-14-10(12(17)18)8-4-2-7(3-5-8)9(6-13)11(15)16;1-11-7-9-3-5-10(6-4-9)8-12-2;4*1-2/h3-6,9-10H,(H,15,16)(H,17,18);2-5H,(H,15,16)(H,17,18);3-6H,7-8H2;3*1-2H3;/i/hD4. The summed E-state index contributed by atoms with van der Waals surface area (Å²) >= 11 is 4.24. The van der Waals surface area contributed by atoms with Gasteiger partial charge in [0.25, 0.3) is 11.4 Å². The van der Waals surface area contributed by atoms with Gasteiger partial charge in [0.15, 0.2) is 0 Å². The Morgan fingerprint density at radius 3 is 1.25 bits per heavy atom. The van der Waals surface area contributed by atoms with Crippen molar-refractivity contribution in [3.63, 3.8) is 0 Å². The van der Waals surface area contributed by atoms with Gasteiger partial charge in [0.05, 0.1) is 6.57 Å².